The molecule has 1 aliphatic heterocycles. The first kappa shape index (κ1) is 16.0. The summed E-state index contributed by atoms with van der Waals surface area (Å²) < 4.78 is 24.6. The van der Waals surface area contributed by atoms with Crippen molar-refractivity contribution >= 4 is 11.6 Å². The number of pyridine rings is 1. The van der Waals surface area contributed by atoms with Gasteiger partial charge in [-0.05, 0) is 50.2 Å². The average Bonchev–Trinajstić information content (AvgIpc) is 2.55. The maximum atomic E-state index is 13.0. The van der Waals surface area contributed by atoms with Crippen LogP contribution in [0.15, 0.2) is 36.5 Å². The normalized spacial score (nSPS) is 15.4. The fourth-order valence-electron chi connectivity index (χ4n) is 2.46. The van der Waals surface area contributed by atoms with Crippen molar-refractivity contribution in [3.8, 4) is 11.5 Å². The van der Waals surface area contributed by atoms with Gasteiger partial charge in [0.1, 0.15) is 30.0 Å². The molecule has 0 unspecified atom stereocenters. The second-order valence-corrected chi connectivity index (χ2v) is 5.82. The number of hydrogen-bond acceptors (Lipinski definition) is 4. The van der Waals surface area contributed by atoms with Crippen molar-refractivity contribution in [2.45, 2.75) is 25.6 Å². The topological polar surface area (TPSA) is 43.4 Å². The number of piperidine rings is 1. The van der Waals surface area contributed by atoms with E-state index in [0.29, 0.717) is 5.75 Å². The monoisotopic (exact) mass is 336 g/mol. The molecule has 1 aromatic heterocycles. The molecule has 0 radical (unpaired) electrons. The molecule has 0 spiro atoms. The molecule has 1 saturated heterocycles. The Hall–Kier alpha value is -1.85. The fraction of sp³-hybridized carbons (Fsp3) is 0.353. The molecule has 0 bridgehead atoms. The molecule has 0 saturated carbocycles. The molecule has 4 nitrogen and oxygen atoms in total. The minimum absolute atomic E-state index is 0.235. The van der Waals surface area contributed by atoms with Gasteiger partial charge in [-0.1, -0.05) is 11.6 Å². The van der Waals surface area contributed by atoms with Crippen LogP contribution in [0, 0.1) is 5.82 Å². The minimum Gasteiger partial charge on any atom is -0.490 e. The summed E-state index contributed by atoms with van der Waals surface area (Å²) in [5.74, 6) is 0.827. The Bertz CT molecular complexity index is 663. The molecular weight excluding hydrogens is 319 g/mol. The molecule has 0 aliphatic carbocycles. The predicted octanol–water partition coefficient (Wildman–Crippen LogP) is 3.58. The molecule has 1 aromatic carbocycles. The van der Waals surface area contributed by atoms with Crippen LogP contribution in [0.5, 0.6) is 11.5 Å². The number of benzene rings is 1. The molecule has 1 N–H and O–H groups in total. The SMILES string of the molecule is Fc1ccc(OCc2cc(OC3CCNCC3)ccn2)c(Cl)c1. The lowest BCUT2D eigenvalue weighted by atomic mass is 10.1. The van der Waals surface area contributed by atoms with E-state index in [2.05, 4.69) is 10.3 Å². The first-order valence-electron chi connectivity index (χ1n) is 7.61. The van der Waals surface area contributed by atoms with Crippen LogP contribution in [0.4, 0.5) is 4.39 Å². The summed E-state index contributed by atoms with van der Waals surface area (Å²) >= 11 is 5.94. The van der Waals surface area contributed by atoms with Crippen molar-refractivity contribution in [2.24, 2.45) is 0 Å². The molecule has 2 aromatic rings. The number of hydrogen-bond donors (Lipinski definition) is 1. The maximum Gasteiger partial charge on any atom is 0.138 e. The highest BCUT2D eigenvalue weighted by molar-refractivity contribution is 6.32. The van der Waals surface area contributed by atoms with Crippen LogP contribution in [0.3, 0.4) is 0 Å². The largest absolute Gasteiger partial charge is 0.490 e. The highest BCUT2D eigenvalue weighted by Crippen LogP contribution is 2.26. The predicted molar refractivity (Wildman–Crippen MR) is 86.5 cm³/mol. The lowest BCUT2D eigenvalue weighted by Crippen LogP contribution is -2.34. The lowest BCUT2D eigenvalue weighted by Gasteiger charge is -2.23. The zero-order chi connectivity index (χ0) is 16.1. The molecule has 1 fully saturated rings. The van der Waals surface area contributed by atoms with Gasteiger partial charge in [0.05, 0.1) is 10.7 Å². The summed E-state index contributed by atoms with van der Waals surface area (Å²) in [6, 6.07) is 7.75. The van der Waals surface area contributed by atoms with Crippen LogP contribution in [0.25, 0.3) is 0 Å². The maximum absolute atomic E-state index is 13.0. The van der Waals surface area contributed by atoms with E-state index in [1.165, 1.54) is 18.2 Å². The lowest BCUT2D eigenvalue weighted by molar-refractivity contribution is 0.162. The van der Waals surface area contributed by atoms with E-state index in [-0.39, 0.29) is 17.7 Å². The summed E-state index contributed by atoms with van der Waals surface area (Å²) in [4.78, 5) is 4.26. The number of halogens is 2. The Labute approximate surface area is 139 Å². The molecule has 0 atom stereocenters. The van der Waals surface area contributed by atoms with Crippen molar-refractivity contribution < 1.29 is 13.9 Å². The second kappa shape index (κ2) is 7.62. The average molecular weight is 337 g/mol. The summed E-state index contributed by atoms with van der Waals surface area (Å²) in [6.45, 7) is 2.21. The van der Waals surface area contributed by atoms with E-state index in [9.17, 15) is 4.39 Å². The number of ether oxygens (including phenoxy) is 2. The van der Waals surface area contributed by atoms with Crippen molar-refractivity contribution in [2.75, 3.05) is 13.1 Å². The Morgan fingerprint density at radius 1 is 1.22 bits per heavy atom. The van der Waals surface area contributed by atoms with Crippen LogP contribution in [0.1, 0.15) is 18.5 Å². The molecule has 0 amide bonds. The highest BCUT2D eigenvalue weighted by atomic mass is 35.5. The van der Waals surface area contributed by atoms with Gasteiger partial charge in [-0.25, -0.2) is 4.39 Å². The quantitative estimate of drug-likeness (QED) is 0.906. The van der Waals surface area contributed by atoms with Crippen LogP contribution < -0.4 is 14.8 Å². The Kier molecular flexibility index (Phi) is 5.31. The van der Waals surface area contributed by atoms with Crippen LogP contribution in [-0.4, -0.2) is 24.2 Å². The molecule has 23 heavy (non-hydrogen) atoms. The van der Waals surface area contributed by atoms with Gasteiger partial charge in [-0.3, -0.25) is 4.98 Å². The molecule has 122 valence electrons. The molecule has 3 rings (SSSR count). The Morgan fingerprint density at radius 3 is 2.83 bits per heavy atom. The van der Waals surface area contributed by atoms with Crippen LogP contribution in [-0.2, 0) is 6.61 Å². The minimum atomic E-state index is -0.391. The zero-order valence-corrected chi connectivity index (χ0v) is 13.4. The van der Waals surface area contributed by atoms with Gasteiger partial charge < -0.3 is 14.8 Å². The second-order valence-electron chi connectivity index (χ2n) is 5.41. The summed E-state index contributed by atoms with van der Waals surface area (Å²) in [5, 5.41) is 3.55. The first-order chi connectivity index (χ1) is 11.2. The molecule has 6 heteroatoms. The van der Waals surface area contributed by atoms with Crippen LogP contribution in [0.2, 0.25) is 5.02 Å². The van der Waals surface area contributed by atoms with Gasteiger partial charge in [-0.15, -0.1) is 0 Å². The summed E-state index contributed by atoms with van der Waals surface area (Å²) in [7, 11) is 0. The standard InChI is InChI=1S/C17H18ClFN2O2/c18-16-9-12(19)1-2-17(16)22-11-13-10-15(5-8-21-13)23-14-3-6-20-7-4-14/h1-2,5,8-10,14,20H,3-4,6-7,11H2. The molecular formula is C17H18ClFN2O2. The van der Waals surface area contributed by atoms with Crippen LogP contribution >= 0.6 is 11.6 Å². The Morgan fingerprint density at radius 2 is 2.04 bits per heavy atom. The van der Waals surface area contributed by atoms with Gasteiger partial charge in [0.25, 0.3) is 0 Å². The number of rotatable bonds is 5. The third-order valence-corrected chi connectivity index (χ3v) is 3.94. The third kappa shape index (κ3) is 4.56. The van der Waals surface area contributed by atoms with Crippen molar-refractivity contribution in [3.05, 3.63) is 53.1 Å². The number of aromatic nitrogens is 1. The highest BCUT2D eigenvalue weighted by Gasteiger charge is 2.14. The van der Waals surface area contributed by atoms with E-state index in [0.717, 1.165) is 37.4 Å². The number of nitrogens with zero attached hydrogens (tertiary/aromatic N) is 1. The number of nitrogens with one attached hydrogen (secondary N) is 1. The van der Waals surface area contributed by atoms with Gasteiger partial charge in [0.15, 0.2) is 0 Å². The molecule has 2 heterocycles. The van der Waals surface area contributed by atoms with E-state index in [1.807, 2.05) is 12.1 Å². The van der Waals surface area contributed by atoms with Crippen molar-refractivity contribution in [3.63, 3.8) is 0 Å². The fourth-order valence-corrected chi connectivity index (χ4v) is 2.68. The smallest absolute Gasteiger partial charge is 0.138 e. The molecule has 1 aliphatic rings. The summed E-state index contributed by atoms with van der Waals surface area (Å²) in [6.07, 6.45) is 3.93. The zero-order valence-electron chi connectivity index (χ0n) is 12.6. The van der Waals surface area contributed by atoms with E-state index in [1.54, 1.807) is 6.20 Å². The van der Waals surface area contributed by atoms with Gasteiger partial charge in [0, 0.05) is 12.3 Å². The summed E-state index contributed by atoms with van der Waals surface area (Å²) in [5.41, 5.74) is 0.733. The van der Waals surface area contributed by atoms with Gasteiger partial charge in [-0.2, -0.15) is 0 Å². The van der Waals surface area contributed by atoms with E-state index < -0.39 is 5.82 Å². The van der Waals surface area contributed by atoms with E-state index in [4.69, 9.17) is 21.1 Å². The van der Waals surface area contributed by atoms with E-state index >= 15 is 0 Å². The van der Waals surface area contributed by atoms with Gasteiger partial charge >= 0.3 is 0 Å². The first-order valence-corrected chi connectivity index (χ1v) is 7.98. The van der Waals surface area contributed by atoms with Crippen molar-refractivity contribution in [1.82, 2.24) is 10.3 Å². The Balaban J connectivity index is 1.60. The van der Waals surface area contributed by atoms with Crippen molar-refractivity contribution in [1.29, 1.82) is 0 Å². The third-order valence-electron chi connectivity index (χ3n) is 3.65. The van der Waals surface area contributed by atoms with Gasteiger partial charge in [0.2, 0.25) is 0 Å².